The molecule has 0 atom stereocenters. The number of hydrogen-bond donors (Lipinski definition) is 1. The molecule has 3 rings (SSSR count). The first-order chi connectivity index (χ1) is 10.5. The van der Waals surface area contributed by atoms with Gasteiger partial charge in [-0.15, -0.1) is 0 Å². The van der Waals surface area contributed by atoms with E-state index in [2.05, 4.69) is 5.10 Å². The molecule has 22 heavy (non-hydrogen) atoms. The zero-order valence-electron chi connectivity index (χ0n) is 12.9. The molecule has 7 nitrogen and oxygen atoms in total. The van der Waals surface area contributed by atoms with Crippen LogP contribution >= 0.6 is 0 Å². The van der Waals surface area contributed by atoms with E-state index in [1.807, 2.05) is 11.8 Å². The Morgan fingerprint density at radius 2 is 1.73 bits per heavy atom. The fraction of sp³-hybridized carbons (Fsp3) is 0.667. The van der Waals surface area contributed by atoms with Crippen molar-refractivity contribution in [1.29, 1.82) is 0 Å². The van der Waals surface area contributed by atoms with Gasteiger partial charge in [-0.3, -0.25) is 4.68 Å². The normalized spacial score (nSPS) is 21.1. The molecule has 0 spiro atoms. The number of likely N-dealkylation sites (tertiary alicyclic amines) is 2. The van der Waals surface area contributed by atoms with Gasteiger partial charge in [-0.1, -0.05) is 0 Å². The van der Waals surface area contributed by atoms with Gasteiger partial charge >= 0.3 is 12.0 Å². The van der Waals surface area contributed by atoms with Crippen molar-refractivity contribution in [1.82, 2.24) is 19.6 Å². The van der Waals surface area contributed by atoms with Gasteiger partial charge < -0.3 is 14.9 Å². The van der Waals surface area contributed by atoms with Crippen molar-refractivity contribution in [2.45, 2.75) is 38.1 Å². The summed E-state index contributed by atoms with van der Waals surface area (Å²) in [5, 5.41) is 13.9. The summed E-state index contributed by atoms with van der Waals surface area (Å²) in [7, 11) is 0. The van der Waals surface area contributed by atoms with Crippen molar-refractivity contribution >= 4 is 12.0 Å². The van der Waals surface area contributed by atoms with Gasteiger partial charge in [0.1, 0.15) is 0 Å². The minimum atomic E-state index is -1.03. The number of urea groups is 1. The molecule has 2 aliphatic rings. The lowest BCUT2D eigenvalue weighted by molar-refractivity contribution is -0.150. The molecular formula is C15H22N4O3. The minimum absolute atomic E-state index is 0.0492. The summed E-state index contributed by atoms with van der Waals surface area (Å²) in [6.45, 7) is 4.45. The highest BCUT2D eigenvalue weighted by molar-refractivity contribution is 5.78. The molecule has 0 bridgehead atoms. The number of rotatable bonds is 2. The molecule has 7 heteroatoms. The summed E-state index contributed by atoms with van der Waals surface area (Å²) < 4.78 is 1.56. The van der Waals surface area contributed by atoms with Gasteiger partial charge in [-0.2, -0.15) is 5.10 Å². The van der Waals surface area contributed by atoms with Crippen LogP contribution in [0.1, 0.15) is 31.2 Å². The van der Waals surface area contributed by atoms with Crippen LogP contribution in [0, 0.1) is 6.92 Å². The van der Waals surface area contributed by atoms with E-state index in [0.29, 0.717) is 25.9 Å². The average Bonchev–Trinajstić information content (AvgIpc) is 3.18. The molecule has 0 unspecified atom stereocenters. The molecule has 1 aromatic rings. The Morgan fingerprint density at radius 1 is 1.14 bits per heavy atom. The monoisotopic (exact) mass is 306 g/mol. The fourth-order valence-electron chi connectivity index (χ4n) is 3.36. The van der Waals surface area contributed by atoms with Gasteiger partial charge in [0.2, 0.25) is 0 Å². The zero-order chi connectivity index (χ0) is 15.7. The number of aromatic nitrogens is 2. The number of piperidine rings is 1. The van der Waals surface area contributed by atoms with Crippen LogP contribution < -0.4 is 0 Å². The maximum absolute atomic E-state index is 12.4. The number of carboxylic acids is 1. The maximum atomic E-state index is 12.4. The predicted molar refractivity (Wildman–Crippen MR) is 79.6 cm³/mol. The zero-order valence-corrected chi connectivity index (χ0v) is 12.9. The second kappa shape index (κ2) is 5.62. The Kier molecular flexibility index (Phi) is 3.80. The third-order valence-corrected chi connectivity index (χ3v) is 4.79. The number of nitrogens with zero attached hydrogens (tertiary/aromatic N) is 4. The second-order valence-electron chi connectivity index (χ2n) is 6.26. The number of aryl methyl sites for hydroxylation is 1. The van der Waals surface area contributed by atoms with Gasteiger partial charge in [0.25, 0.3) is 0 Å². The fourth-order valence-corrected chi connectivity index (χ4v) is 3.36. The number of carbonyl (C=O) groups is 2. The first-order valence-electron chi connectivity index (χ1n) is 7.82. The van der Waals surface area contributed by atoms with E-state index >= 15 is 0 Å². The molecule has 2 saturated heterocycles. The number of aliphatic carboxylic acids is 1. The predicted octanol–water partition coefficient (Wildman–Crippen LogP) is 1.28. The maximum Gasteiger partial charge on any atom is 0.331 e. The molecule has 1 aromatic heterocycles. The molecule has 1 N–H and O–H groups in total. The molecule has 0 aliphatic carbocycles. The lowest BCUT2D eigenvalue weighted by atomic mass is 9.87. The van der Waals surface area contributed by atoms with Gasteiger partial charge in [0.05, 0.1) is 6.20 Å². The Hall–Kier alpha value is -2.05. The van der Waals surface area contributed by atoms with Crippen LogP contribution in [0.2, 0.25) is 0 Å². The van der Waals surface area contributed by atoms with E-state index in [1.165, 1.54) is 0 Å². The van der Waals surface area contributed by atoms with E-state index < -0.39 is 11.5 Å². The highest BCUT2D eigenvalue weighted by Gasteiger charge is 2.45. The Morgan fingerprint density at radius 3 is 2.23 bits per heavy atom. The van der Waals surface area contributed by atoms with Gasteiger partial charge in [-0.25, -0.2) is 9.59 Å². The molecule has 0 radical (unpaired) electrons. The molecule has 3 heterocycles. The SMILES string of the molecule is Cc1cnn(C2(C(=O)O)CCN(C(=O)N3CCCC3)CC2)c1. The lowest BCUT2D eigenvalue weighted by Gasteiger charge is -2.40. The Labute approximate surface area is 129 Å². The molecule has 2 amide bonds. The van der Waals surface area contributed by atoms with E-state index in [4.69, 9.17) is 0 Å². The highest BCUT2D eigenvalue weighted by Crippen LogP contribution is 2.31. The summed E-state index contributed by atoms with van der Waals surface area (Å²) in [5.74, 6) is -0.871. The smallest absolute Gasteiger partial charge is 0.331 e. The van der Waals surface area contributed by atoms with Crippen LogP contribution in [0.4, 0.5) is 4.79 Å². The van der Waals surface area contributed by atoms with Crippen molar-refractivity contribution in [3.05, 3.63) is 18.0 Å². The van der Waals surface area contributed by atoms with Crippen molar-refractivity contribution in [2.24, 2.45) is 0 Å². The van der Waals surface area contributed by atoms with Crippen molar-refractivity contribution in [3.63, 3.8) is 0 Å². The second-order valence-corrected chi connectivity index (χ2v) is 6.26. The van der Waals surface area contributed by atoms with E-state index in [1.54, 1.807) is 22.0 Å². The van der Waals surface area contributed by atoms with E-state index in [0.717, 1.165) is 31.5 Å². The number of carboxylic acid groups (broad SMARTS) is 1. The van der Waals surface area contributed by atoms with Gasteiger partial charge in [0, 0.05) is 45.2 Å². The van der Waals surface area contributed by atoms with Crippen molar-refractivity contribution < 1.29 is 14.7 Å². The first-order valence-corrected chi connectivity index (χ1v) is 7.82. The average molecular weight is 306 g/mol. The number of amides is 2. The van der Waals surface area contributed by atoms with Crippen LogP contribution in [-0.2, 0) is 10.3 Å². The van der Waals surface area contributed by atoms with Crippen molar-refractivity contribution in [3.8, 4) is 0 Å². The Bertz CT molecular complexity index is 569. The van der Waals surface area contributed by atoms with Crippen LogP contribution in [0.3, 0.4) is 0 Å². The Balaban J connectivity index is 1.73. The third kappa shape index (κ3) is 2.44. The standard InChI is InChI=1S/C15H22N4O3/c1-12-10-16-19(11-12)15(13(20)21)4-8-18(9-5-15)14(22)17-6-2-3-7-17/h10-11H,2-9H2,1H3,(H,20,21). The van der Waals surface area contributed by atoms with E-state index in [-0.39, 0.29) is 6.03 Å². The van der Waals surface area contributed by atoms with Crippen LogP contribution in [0.25, 0.3) is 0 Å². The molecule has 2 aliphatic heterocycles. The van der Waals surface area contributed by atoms with Crippen molar-refractivity contribution in [2.75, 3.05) is 26.2 Å². The topological polar surface area (TPSA) is 78.7 Å². The highest BCUT2D eigenvalue weighted by atomic mass is 16.4. The molecule has 120 valence electrons. The lowest BCUT2D eigenvalue weighted by Crippen LogP contribution is -2.54. The van der Waals surface area contributed by atoms with Gasteiger partial charge in [-0.05, 0) is 25.3 Å². The van der Waals surface area contributed by atoms with Crippen LogP contribution in [-0.4, -0.2) is 62.9 Å². The molecule has 2 fully saturated rings. The van der Waals surface area contributed by atoms with E-state index in [9.17, 15) is 14.7 Å². The summed E-state index contributed by atoms with van der Waals surface area (Å²) >= 11 is 0. The van der Waals surface area contributed by atoms with Gasteiger partial charge in [0.15, 0.2) is 5.54 Å². The summed E-state index contributed by atoms with van der Waals surface area (Å²) in [4.78, 5) is 27.9. The summed E-state index contributed by atoms with van der Waals surface area (Å²) in [5.41, 5.74) is -0.0908. The summed E-state index contributed by atoms with van der Waals surface area (Å²) in [6, 6.07) is 0.0492. The number of carbonyl (C=O) groups excluding carboxylic acids is 1. The minimum Gasteiger partial charge on any atom is -0.479 e. The first kappa shape index (κ1) is 14.9. The summed E-state index contributed by atoms with van der Waals surface area (Å²) in [6.07, 6.45) is 6.35. The van der Waals surface area contributed by atoms with Crippen LogP contribution in [0.15, 0.2) is 12.4 Å². The largest absolute Gasteiger partial charge is 0.479 e. The molecular weight excluding hydrogens is 284 g/mol. The molecule has 0 aromatic carbocycles. The molecule has 0 saturated carbocycles. The van der Waals surface area contributed by atoms with Crippen LogP contribution in [0.5, 0.6) is 0 Å². The third-order valence-electron chi connectivity index (χ3n) is 4.79. The quantitative estimate of drug-likeness (QED) is 0.893. The number of hydrogen-bond acceptors (Lipinski definition) is 3.